The van der Waals surface area contributed by atoms with Crippen molar-refractivity contribution in [3.05, 3.63) is 30.5 Å². The fraction of sp³-hybridized carbons (Fsp3) is 0.250. The number of hydrogen-bond acceptors (Lipinski definition) is 7. The lowest BCUT2D eigenvalue weighted by atomic mass is 10.2. The maximum atomic E-state index is 5.92. The third-order valence-electron chi connectivity index (χ3n) is 3.52. The Morgan fingerprint density at radius 3 is 2.96 bits per heavy atom. The van der Waals surface area contributed by atoms with E-state index in [0.29, 0.717) is 24.2 Å². The summed E-state index contributed by atoms with van der Waals surface area (Å²) in [5.41, 5.74) is 1.47. The molecule has 0 radical (unpaired) electrons. The molecule has 0 bridgehead atoms. The summed E-state index contributed by atoms with van der Waals surface area (Å²) >= 11 is 1.37. The summed E-state index contributed by atoms with van der Waals surface area (Å²) in [6.07, 6.45) is 1.82. The van der Waals surface area contributed by atoms with E-state index in [-0.39, 0.29) is 0 Å². The van der Waals surface area contributed by atoms with Gasteiger partial charge in [0.1, 0.15) is 23.6 Å². The minimum absolute atomic E-state index is 0.486. The van der Waals surface area contributed by atoms with Gasteiger partial charge in [0.15, 0.2) is 5.76 Å². The molecule has 0 aliphatic rings. The van der Waals surface area contributed by atoms with Gasteiger partial charge in [-0.15, -0.1) is 5.10 Å². The van der Waals surface area contributed by atoms with Crippen LogP contribution in [0.4, 0.5) is 0 Å². The first kappa shape index (κ1) is 15.0. The van der Waals surface area contributed by atoms with Crippen LogP contribution in [-0.2, 0) is 4.74 Å². The van der Waals surface area contributed by atoms with Crippen LogP contribution in [0.15, 0.2) is 34.9 Å². The summed E-state index contributed by atoms with van der Waals surface area (Å²) in [7, 11) is 3.23. The zero-order valence-corrected chi connectivity index (χ0v) is 14.0. The van der Waals surface area contributed by atoms with Crippen molar-refractivity contribution in [3.8, 4) is 22.4 Å². The van der Waals surface area contributed by atoms with Crippen molar-refractivity contribution >= 4 is 27.3 Å². The van der Waals surface area contributed by atoms with Crippen LogP contribution >= 0.6 is 11.3 Å². The third kappa shape index (κ3) is 2.59. The molecule has 0 spiro atoms. The molecule has 1 aromatic carbocycles. The van der Waals surface area contributed by atoms with E-state index < -0.39 is 0 Å². The summed E-state index contributed by atoms with van der Waals surface area (Å²) in [5.74, 6) is 1.44. The number of furan rings is 1. The molecule has 0 atom stereocenters. The van der Waals surface area contributed by atoms with Gasteiger partial charge in [0.05, 0.1) is 25.3 Å². The smallest absolute Gasteiger partial charge is 0.294 e. The molecule has 4 rings (SSSR count). The average Bonchev–Trinajstić information content (AvgIpc) is 3.26. The number of fused-ring (bicyclic) bond motifs is 2. The summed E-state index contributed by atoms with van der Waals surface area (Å²) in [6.45, 7) is 1.02. The molecule has 0 N–H and O–H groups in total. The normalized spacial score (nSPS) is 11.4. The highest BCUT2D eigenvalue weighted by atomic mass is 32.1. The monoisotopic (exact) mass is 345 g/mol. The summed E-state index contributed by atoms with van der Waals surface area (Å²) in [5, 5.41) is 5.75. The van der Waals surface area contributed by atoms with Gasteiger partial charge in [-0.1, -0.05) is 6.07 Å². The Hall–Kier alpha value is -2.58. The van der Waals surface area contributed by atoms with Crippen molar-refractivity contribution in [2.24, 2.45) is 0 Å². The molecule has 0 saturated heterocycles. The van der Waals surface area contributed by atoms with Crippen LogP contribution in [0.5, 0.6) is 10.9 Å². The van der Waals surface area contributed by atoms with Crippen LogP contribution in [-0.4, -0.2) is 42.0 Å². The molecule has 0 amide bonds. The van der Waals surface area contributed by atoms with Crippen LogP contribution in [0, 0.1) is 0 Å². The average molecular weight is 345 g/mol. The maximum absolute atomic E-state index is 5.92. The minimum atomic E-state index is 0.486. The highest BCUT2D eigenvalue weighted by Crippen LogP contribution is 2.34. The molecule has 0 aliphatic carbocycles. The summed E-state index contributed by atoms with van der Waals surface area (Å²) in [6, 6.07) is 7.65. The Bertz CT molecular complexity index is 956. The van der Waals surface area contributed by atoms with E-state index in [1.54, 1.807) is 18.7 Å². The Morgan fingerprint density at radius 1 is 1.25 bits per heavy atom. The van der Waals surface area contributed by atoms with Crippen LogP contribution in [0.3, 0.4) is 0 Å². The second-order valence-corrected chi connectivity index (χ2v) is 5.96. The van der Waals surface area contributed by atoms with Gasteiger partial charge >= 0.3 is 0 Å². The molecule has 8 heteroatoms. The number of rotatable bonds is 6. The molecular formula is C16H15N3O4S. The van der Waals surface area contributed by atoms with Gasteiger partial charge in [-0.2, -0.15) is 0 Å². The van der Waals surface area contributed by atoms with Gasteiger partial charge in [-0.3, -0.25) is 0 Å². The van der Waals surface area contributed by atoms with Gasteiger partial charge in [0, 0.05) is 7.11 Å². The number of ether oxygens (including phenoxy) is 3. The van der Waals surface area contributed by atoms with E-state index in [1.807, 2.05) is 30.5 Å². The highest BCUT2D eigenvalue weighted by molar-refractivity contribution is 7.18. The predicted molar refractivity (Wildman–Crippen MR) is 90.0 cm³/mol. The number of benzene rings is 1. The largest absolute Gasteiger partial charge is 0.490 e. The first-order valence-electron chi connectivity index (χ1n) is 7.33. The van der Waals surface area contributed by atoms with Gasteiger partial charge in [0.2, 0.25) is 4.96 Å². The van der Waals surface area contributed by atoms with Crippen molar-refractivity contribution in [3.63, 3.8) is 0 Å². The molecule has 0 saturated carbocycles. The lowest BCUT2D eigenvalue weighted by Gasteiger charge is -2.05. The van der Waals surface area contributed by atoms with Gasteiger partial charge < -0.3 is 18.6 Å². The van der Waals surface area contributed by atoms with Crippen molar-refractivity contribution in [2.45, 2.75) is 0 Å². The molecule has 0 aliphatic heterocycles. The Labute approximate surface area is 141 Å². The lowest BCUT2D eigenvalue weighted by Crippen LogP contribution is -2.04. The lowest BCUT2D eigenvalue weighted by molar-refractivity contribution is 0.147. The second kappa shape index (κ2) is 6.14. The number of methoxy groups -OCH3 is 2. The number of imidazole rings is 1. The van der Waals surface area contributed by atoms with Crippen molar-refractivity contribution in [2.75, 3.05) is 27.4 Å². The zero-order valence-electron chi connectivity index (χ0n) is 13.2. The van der Waals surface area contributed by atoms with E-state index in [2.05, 4.69) is 10.1 Å². The van der Waals surface area contributed by atoms with E-state index >= 15 is 0 Å². The second-order valence-electron chi connectivity index (χ2n) is 5.05. The Kier molecular flexibility index (Phi) is 3.83. The van der Waals surface area contributed by atoms with E-state index in [0.717, 1.165) is 27.4 Å². The van der Waals surface area contributed by atoms with Gasteiger partial charge in [-0.25, -0.2) is 9.50 Å². The van der Waals surface area contributed by atoms with Crippen LogP contribution in [0.25, 0.3) is 27.4 Å². The number of hydrogen-bond donors (Lipinski definition) is 0. The summed E-state index contributed by atoms with van der Waals surface area (Å²) in [4.78, 5) is 5.29. The summed E-state index contributed by atoms with van der Waals surface area (Å²) < 4.78 is 23.5. The maximum Gasteiger partial charge on any atom is 0.294 e. The van der Waals surface area contributed by atoms with E-state index in [4.69, 9.17) is 18.6 Å². The molecule has 24 heavy (non-hydrogen) atoms. The minimum Gasteiger partial charge on any atom is -0.490 e. The van der Waals surface area contributed by atoms with Crippen molar-refractivity contribution in [1.29, 1.82) is 0 Å². The fourth-order valence-corrected chi connectivity index (χ4v) is 3.10. The standard InChI is InChI=1S/C16H15N3O4S/c1-20-6-7-22-12-4-3-5-13-10(12)8-14(23-13)11-9-19-15(17-11)24-16(18-19)21-2/h3-5,8-9H,6-7H2,1-2H3. The van der Waals surface area contributed by atoms with Gasteiger partial charge in [0.25, 0.3) is 5.19 Å². The molecule has 7 nitrogen and oxygen atoms in total. The molecule has 3 heterocycles. The molecular weight excluding hydrogens is 330 g/mol. The number of nitrogens with zero attached hydrogens (tertiary/aromatic N) is 3. The van der Waals surface area contributed by atoms with Crippen molar-refractivity contribution in [1.82, 2.24) is 14.6 Å². The molecule has 4 aromatic rings. The topological polar surface area (TPSA) is 71.0 Å². The van der Waals surface area contributed by atoms with E-state index in [1.165, 1.54) is 11.3 Å². The Morgan fingerprint density at radius 2 is 2.17 bits per heavy atom. The SMILES string of the molecule is COCCOc1cccc2oc(-c3cn4nc(OC)sc4n3)cc12. The fourth-order valence-electron chi connectivity index (χ4n) is 2.40. The predicted octanol–water partition coefficient (Wildman–Crippen LogP) is 3.24. The molecule has 3 aromatic heterocycles. The van der Waals surface area contributed by atoms with E-state index in [9.17, 15) is 0 Å². The highest BCUT2D eigenvalue weighted by Gasteiger charge is 2.15. The van der Waals surface area contributed by atoms with Crippen LogP contribution in [0.1, 0.15) is 0 Å². The molecule has 124 valence electrons. The molecule has 0 unspecified atom stereocenters. The first-order chi connectivity index (χ1) is 11.8. The molecule has 0 fully saturated rings. The van der Waals surface area contributed by atoms with Gasteiger partial charge in [-0.05, 0) is 29.5 Å². The van der Waals surface area contributed by atoms with Crippen LogP contribution < -0.4 is 9.47 Å². The van der Waals surface area contributed by atoms with Crippen LogP contribution in [0.2, 0.25) is 0 Å². The zero-order chi connectivity index (χ0) is 16.5. The quantitative estimate of drug-likeness (QED) is 0.500. The van der Waals surface area contributed by atoms with Crippen molar-refractivity contribution < 1.29 is 18.6 Å². The Balaban J connectivity index is 1.70. The number of aromatic nitrogens is 3. The first-order valence-corrected chi connectivity index (χ1v) is 8.15. The third-order valence-corrected chi connectivity index (χ3v) is 4.40.